The first kappa shape index (κ1) is 17.6. The maximum absolute atomic E-state index is 5.33. The van der Waals surface area contributed by atoms with Gasteiger partial charge >= 0.3 is 0 Å². The van der Waals surface area contributed by atoms with Crippen LogP contribution in [0.5, 0.6) is 5.75 Å². The number of nitrogens with zero attached hydrogens (tertiary/aromatic N) is 3. The monoisotopic (exact) mass is 375 g/mol. The first-order valence-electron chi connectivity index (χ1n) is 8.84. The molecule has 0 aliphatic carbocycles. The number of pyridine rings is 1. The molecule has 0 aliphatic rings. The van der Waals surface area contributed by atoms with Gasteiger partial charge in [-0.15, -0.1) is 0 Å². The van der Waals surface area contributed by atoms with E-state index in [9.17, 15) is 0 Å². The molecule has 0 N–H and O–H groups in total. The highest BCUT2D eigenvalue weighted by Crippen LogP contribution is 2.28. The Morgan fingerprint density at radius 1 is 1.04 bits per heavy atom. The smallest absolute Gasteiger partial charge is 0.169 e. The number of aryl methyl sites for hydroxylation is 1. The number of ether oxygens (including phenoxy) is 1. The number of rotatable bonds is 6. The van der Waals surface area contributed by atoms with Crippen molar-refractivity contribution in [3.8, 4) is 5.75 Å². The SMILES string of the molecule is COc1cccc(CSc2nc3ccncc3n2Cc2ccc(C)cc2)c1. The van der Waals surface area contributed by atoms with Gasteiger partial charge in [0.25, 0.3) is 0 Å². The average molecular weight is 375 g/mol. The van der Waals surface area contributed by atoms with Crippen molar-refractivity contribution in [1.82, 2.24) is 14.5 Å². The van der Waals surface area contributed by atoms with Crippen LogP contribution in [-0.4, -0.2) is 21.6 Å². The first-order valence-corrected chi connectivity index (χ1v) is 9.83. The molecule has 5 heteroatoms. The lowest BCUT2D eigenvalue weighted by atomic mass is 10.1. The van der Waals surface area contributed by atoms with Crippen LogP contribution >= 0.6 is 11.8 Å². The van der Waals surface area contributed by atoms with Crippen LogP contribution in [0, 0.1) is 6.92 Å². The van der Waals surface area contributed by atoms with E-state index in [0.29, 0.717) is 0 Å². The molecule has 4 nitrogen and oxygen atoms in total. The molecule has 0 amide bonds. The summed E-state index contributed by atoms with van der Waals surface area (Å²) in [6.07, 6.45) is 3.69. The second-order valence-corrected chi connectivity index (χ2v) is 7.41. The zero-order chi connectivity index (χ0) is 18.6. The molecule has 0 radical (unpaired) electrons. The van der Waals surface area contributed by atoms with Gasteiger partial charge in [0, 0.05) is 11.9 Å². The van der Waals surface area contributed by atoms with Gasteiger partial charge in [-0.25, -0.2) is 4.98 Å². The summed E-state index contributed by atoms with van der Waals surface area (Å²) in [5.74, 6) is 1.72. The van der Waals surface area contributed by atoms with Crippen LogP contribution in [0.25, 0.3) is 11.0 Å². The van der Waals surface area contributed by atoms with Crippen molar-refractivity contribution in [2.45, 2.75) is 24.4 Å². The highest BCUT2D eigenvalue weighted by molar-refractivity contribution is 7.98. The Balaban J connectivity index is 1.64. The Kier molecular flexibility index (Phi) is 5.12. The van der Waals surface area contributed by atoms with Gasteiger partial charge in [-0.3, -0.25) is 4.98 Å². The highest BCUT2D eigenvalue weighted by atomic mass is 32.2. The van der Waals surface area contributed by atoms with Gasteiger partial charge in [-0.05, 0) is 36.2 Å². The fraction of sp³-hybridized carbons (Fsp3) is 0.182. The largest absolute Gasteiger partial charge is 0.497 e. The molecule has 4 rings (SSSR count). The summed E-state index contributed by atoms with van der Waals surface area (Å²) in [4.78, 5) is 9.14. The maximum Gasteiger partial charge on any atom is 0.169 e. The minimum Gasteiger partial charge on any atom is -0.497 e. The van der Waals surface area contributed by atoms with Crippen molar-refractivity contribution in [1.29, 1.82) is 0 Å². The van der Waals surface area contributed by atoms with Crippen LogP contribution in [0.2, 0.25) is 0 Å². The zero-order valence-corrected chi connectivity index (χ0v) is 16.2. The molecule has 0 spiro atoms. The molecule has 0 atom stereocenters. The summed E-state index contributed by atoms with van der Waals surface area (Å²) in [6.45, 7) is 2.89. The molecule has 2 aromatic heterocycles. The standard InChI is InChI=1S/C22H21N3OS/c1-16-6-8-17(9-7-16)14-25-21-13-23-11-10-20(21)24-22(25)27-15-18-4-3-5-19(12-18)26-2/h3-13H,14-15H2,1-2H3. The van der Waals surface area contributed by atoms with Crippen molar-refractivity contribution in [3.05, 3.63) is 83.7 Å². The van der Waals surface area contributed by atoms with Crippen molar-refractivity contribution < 1.29 is 4.74 Å². The lowest BCUT2D eigenvalue weighted by Crippen LogP contribution is -2.02. The van der Waals surface area contributed by atoms with Gasteiger partial charge in [0.05, 0.1) is 30.9 Å². The van der Waals surface area contributed by atoms with E-state index in [1.807, 2.05) is 24.4 Å². The van der Waals surface area contributed by atoms with E-state index in [-0.39, 0.29) is 0 Å². The Bertz CT molecular complexity index is 1060. The number of methoxy groups -OCH3 is 1. The number of benzene rings is 2. The topological polar surface area (TPSA) is 39.9 Å². The maximum atomic E-state index is 5.33. The first-order chi connectivity index (χ1) is 13.2. The third kappa shape index (κ3) is 3.98. The van der Waals surface area contributed by atoms with E-state index in [2.05, 4.69) is 52.9 Å². The highest BCUT2D eigenvalue weighted by Gasteiger charge is 2.12. The Hall–Kier alpha value is -2.79. The van der Waals surface area contributed by atoms with E-state index in [1.165, 1.54) is 16.7 Å². The average Bonchev–Trinajstić information content (AvgIpc) is 3.06. The van der Waals surface area contributed by atoms with E-state index >= 15 is 0 Å². The molecule has 0 saturated heterocycles. The Morgan fingerprint density at radius 2 is 1.89 bits per heavy atom. The fourth-order valence-electron chi connectivity index (χ4n) is 3.00. The van der Waals surface area contributed by atoms with Crippen molar-refractivity contribution in [2.75, 3.05) is 7.11 Å². The van der Waals surface area contributed by atoms with Gasteiger partial charge < -0.3 is 9.30 Å². The Labute approximate surface area is 163 Å². The van der Waals surface area contributed by atoms with Crippen LogP contribution < -0.4 is 4.74 Å². The van der Waals surface area contributed by atoms with Crippen LogP contribution in [0.4, 0.5) is 0 Å². The van der Waals surface area contributed by atoms with Gasteiger partial charge in [0.2, 0.25) is 0 Å². The summed E-state index contributed by atoms with van der Waals surface area (Å²) in [5, 5.41) is 1.00. The molecule has 4 aromatic rings. The molecule has 27 heavy (non-hydrogen) atoms. The summed E-state index contributed by atoms with van der Waals surface area (Å²) in [5.41, 5.74) is 5.78. The molecular formula is C22H21N3OS. The molecule has 0 fully saturated rings. The predicted molar refractivity (Wildman–Crippen MR) is 110 cm³/mol. The van der Waals surface area contributed by atoms with Gasteiger partial charge in [-0.1, -0.05) is 53.7 Å². The molecule has 2 aromatic carbocycles. The Morgan fingerprint density at radius 3 is 2.70 bits per heavy atom. The summed E-state index contributed by atoms with van der Waals surface area (Å²) >= 11 is 1.74. The van der Waals surface area contributed by atoms with E-state index in [4.69, 9.17) is 9.72 Å². The number of thioether (sulfide) groups is 1. The third-order valence-electron chi connectivity index (χ3n) is 4.48. The summed E-state index contributed by atoms with van der Waals surface area (Å²) in [6, 6.07) is 18.8. The van der Waals surface area contributed by atoms with Crippen molar-refractivity contribution >= 4 is 22.8 Å². The van der Waals surface area contributed by atoms with E-state index in [1.54, 1.807) is 25.1 Å². The lowest BCUT2D eigenvalue weighted by Gasteiger charge is -2.10. The molecule has 0 saturated carbocycles. The summed E-state index contributed by atoms with van der Waals surface area (Å²) < 4.78 is 7.58. The van der Waals surface area contributed by atoms with E-state index in [0.717, 1.165) is 34.2 Å². The van der Waals surface area contributed by atoms with Crippen molar-refractivity contribution in [2.24, 2.45) is 0 Å². The van der Waals surface area contributed by atoms with Crippen LogP contribution in [0.1, 0.15) is 16.7 Å². The molecule has 0 aliphatic heterocycles. The van der Waals surface area contributed by atoms with E-state index < -0.39 is 0 Å². The third-order valence-corrected chi connectivity index (χ3v) is 5.53. The van der Waals surface area contributed by atoms with Gasteiger partial charge in [-0.2, -0.15) is 0 Å². The zero-order valence-electron chi connectivity index (χ0n) is 15.4. The molecule has 0 unspecified atom stereocenters. The minimum absolute atomic E-state index is 0.781. The number of hydrogen-bond acceptors (Lipinski definition) is 4. The molecule has 2 heterocycles. The number of hydrogen-bond donors (Lipinski definition) is 0. The van der Waals surface area contributed by atoms with Crippen LogP contribution in [0.15, 0.2) is 72.1 Å². The normalized spacial score (nSPS) is 11.0. The second kappa shape index (κ2) is 7.84. The number of aromatic nitrogens is 3. The molecule has 0 bridgehead atoms. The fourth-order valence-corrected chi connectivity index (χ4v) is 3.95. The predicted octanol–water partition coefficient (Wildman–Crippen LogP) is 5.09. The lowest BCUT2D eigenvalue weighted by molar-refractivity contribution is 0.414. The molecule has 136 valence electrons. The number of imidazole rings is 1. The van der Waals surface area contributed by atoms with Gasteiger partial charge in [0.15, 0.2) is 5.16 Å². The molecular weight excluding hydrogens is 354 g/mol. The van der Waals surface area contributed by atoms with Crippen LogP contribution in [-0.2, 0) is 12.3 Å². The quantitative estimate of drug-likeness (QED) is 0.440. The van der Waals surface area contributed by atoms with Crippen LogP contribution in [0.3, 0.4) is 0 Å². The van der Waals surface area contributed by atoms with Crippen molar-refractivity contribution in [3.63, 3.8) is 0 Å². The minimum atomic E-state index is 0.781. The van der Waals surface area contributed by atoms with Gasteiger partial charge in [0.1, 0.15) is 5.75 Å². The number of fused-ring (bicyclic) bond motifs is 1. The second-order valence-electron chi connectivity index (χ2n) is 6.47. The summed E-state index contributed by atoms with van der Waals surface area (Å²) in [7, 11) is 1.69.